The molecule has 0 bridgehead atoms. The summed E-state index contributed by atoms with van der Waals surface area (Å²) in [5.41, 5.74) is 3.95. The van der Waals surface area contributed by atoms with Crippen molar-refractivity contribution in [2.45, 2.75) is 33.2 Å². The van der Waals surface area contributed by atoms with Gasteiger partial charge in [0.25, 0.3) is 0 Å². The van der Waals surface area contributed by atoms with Gasteiger partial charge in [0.05, 0.1) is 0 Å². The number of nitrogens with one attached hydrogen (secondary N) is 1. The molecule has 14 heavy (non-hydrogen) atoms. The molecule has 0 amide bonds. The predicted octanol–water partition coefficient (Wildman–Crippen LogP) is 3.54. The molecule has 1 rings (SSSR count). The zero-order valence-corrected chi connectivity index (χ0v) is 9.30. The van der Waals surface area contributed by atoms with Gasteiger partial charge in [0.2, 0.25) is 0 Å². The van der Waals surface area contributed by atoms with E-state index in [-0.39, 0.29) is 0 Å². The summed E-state index contributed by atoms with van der Waals surface area (Å²) in [6.07, 6.45) is 3.00. The molecular weight excluding hydrogens is 170 g/mol. The van der Waals surface area contributed by atoms with E-state index in [0.717, 1.165) is 6.42 Å². The second-order valence-corrected chi connectivity index (χ2v) is 3.66. The molecule has 1 N–H and O–H groups in total. The summed E-state index contributed by atoms with van der Waals surface area (Å²) in [5, 5.41) is 3.38. The highest BCUT2D eigenvalue weighted by Gasteiger charge is 2.00. The molecule has 1 nitrogen and oxygen atoms in total. The molecule has 1 aromatic rings. The summed E-state index contributed by atoms with van der Waals surface area (Å²) in [5.74, 6) is 0. The lowest BCUT2D eigenvalue weighted by Crippen LogP contribution is -2.11. The molecule has 0 saturated carbocycles. The van der Waals surface area contributed by atoms with E-state index in [2.05, 4.69) is 50.9 Å². The van der Waals surface area contributed by atoms with E-state index in [1.165, 1.54) is 16.8 Å². The van der Waals surface area contributed by atoms with E-state index in [1.54, 1.807) is 0 Å². The van der Waals surface area contributed by atoms with Gasteiger partial charge >= 0.3 is 0 Å². The fourth-order valence-electron chi connectivity index (χ4n) is 1.46. The van der Waals surface area contributed by atoms with E-state index in [4.69, 9.17) is 0 Å². The smallest absolute Gasteiger partial charge is 0.0413 e. The SMILES string of the molecule is C=CC(C)Nc1ccc(C)c(CC)c1. The summed E-state index contributed by atoms with van der Waals surface area (Å²) in [6.45, 7) is 10.2. The van der Waals surface area contributed by atoms with Crippen LogP contribution in [0.25, 0.3) is 0 Å². The van der Waals surface area contributed by atoms with Crippen LogP contribution in [0, 0.1) is 6.92 Å². The van der Waals surface area contributed by atoms with Crippen molar-refractivity contribution in [3.05, 3.63) is 42.0 Å². The lowest BCUT2D eigenvalue weighted by molar-refractivity contribution is 0.997. The summed E-state index contributed by atoms with van der Waals surface area (Å²) < 4.78 is 0. The monoisotopic (exact) mass is 189 g/mol. The summed E-state index contributed by atoms with van der Waals surface area (Å²) in [4.78, 5) is 0. The quantitative estimate of drug-likeness (QED) is 0.714. The van der Waals surface area contributed by atoms with Crippen LogP contribution in [0.4, 0.5) is 5.69 Å². The Balaban J connectivity index is 2.84. The predicted molar refractivity (Wildman–Crippen MR) is 63.8 cm³/mol. The first-order valence-electron chi connectivity index (χ1n) is 5.16. The topological polar surface area (TPSA) is 12.0 Å². The van der Waals surface area contributed by atoms with Crippen molar-refractivity contribution >= 4 is 5.69 Å². The number of benzene rings is 1. The molecule has 0 fully saturated rings. The normalized spacial score (nSPS) is 12.2. The third-order valence-electron chi connectivity index (χ3n) is 2.48. The van der Waals surface area contributed by atoms with Gasteiger partial charge in [-0.2, -0.15) is 0 Å². The van der Waals surface area contributed by atoms with Crippen LogP contribution in [0.15, 0.2) is 30.9 Å². The van der Waals surface area contributed by atoms with Crippen LogP contribution < -0.4 is 5.32 Å². The molecule has 0 aliphatic heterocycles. The molecular formula is C13H19N. The van der Waals surface area contributed by atoms with Crippen molar-refractivity contribution in [2.24, 2.45) is 0 Å². The molecule has 0 spiro atoms. The highest BCUT2D eigenvalue weighted by atomic mass is 14.9. The standard InChI is InChI=1S/C13H19N/c1-5-11(4)14-13-8-7-10(3)12(6-2)9-13/h5,7-9,11,14H,1,6H2,2-4H3. The van der Waals surface area contributed by atoms with Gasteiger partial charge in [-0.05, 0) is 43.5 Å². The maximum Gasteiger partial charge on any atom is 0.0413 e. The van der Waals surface area contributed by atoms with E-state index in [9.17, 15) is 0 Å². The van der Waals surface area contributed by atoms with E-state index < -0.39 is 0 Å². The van der Waals surface area contributed by atoms with Gasteiger partial charge in [0.1, 0.15) is 0 Å². The Bertz CT molecular complexity index is 315. The third kappa shape index (κ3) is 2.63. The molecule has 1 atom stereocenters. The molecule has 0 saturated heterocycles. The van der Waals surface area contributed by atoms with E-state index in [1.807, 2.05) is 6.08 Å². The Morgan fingerprint density at radius 1 is 1.50 bits per heavy atom. The largest absolute Gasteiger partial charge is 0.379 e. The molecule has 0 aromatic heterocycles. The second kappa shape index (κ2) is 4.85. The van der Waals surface area contributed by atoms with Crippen molar-refractivity contribution in [3.8, 4) is 0 Å². The Hall–Kier alpha value is -1.24. The first kappa shape index (κ1) is 10.8. The van der Waals surface area contributed by atoms with Crippen LogP contribution in [-0.2, 0) is 6.42 Å². The molecule has 0 aliphatic carbocycles. The second-order valence-electron chi connectivity index (χ2n) is 3.66. The fourth-order valence-corrected chi connectivity index (χ4v) is 1.46. The minimum absolute atomic E-state index is 0.322. The minimum Gasteiger partial charge on any atom is -0.379 e. The first-order chi connectivity index (χ1) is 6.67. The Morgan fingerprint density at radius 3 is 2.79 bits per heavy atom. The molecule has 1 aromatic carbocycles. The number of anilines is 1. The lowest BCUT2D eigenvalue weighted by atomic mass is 10.1. The van der Waals surface area contributed by atoms with Crippen molar-refractivity contribution in [3.63, 3.8) is 0 Å². The van der Waals surface area contributed by atoms with Crippen LogP contribution in [0.1, 0.15) is 25.0 Å². The van der Waals surface area contributed by atoms with Gasteiger partial charge < -0.3 is 5.32 Å². The lowest BCUT2D eigenvalue weighted by Gasteiger charge is -2.13. The van der Waals surface area contributed by atoms with E-state index >= 15 is 0 Å². The van der Waals surface area contributed by atoms with Crippen molar-refractivity contribution in [2.75, 3.05) is 5.32 Å². The molecule has 76 valence electrons. The van der Waals surface area contributed by atoms with Crippen LogP contribution >= 0.6 is 0 Å². The van der Waals surface area contributed by atoms with Gasteiger partial charge in [-0.1, -0.05) is 19.1 Å². The highest BCUT2D eigenvalue weighted by molar-refractivity contribution is 5.49. The van der Waals surface area contributed by atoms with Crippen molar-refractivity contribution in [1.29, 1.82) is 0 Å². The number of rotatable bonds is 4. The number of aryl methyl sites for hydroxylation is 2. The fraction of sp³-hybridized carbons (Fsp3) is 0.385. The Labute approximate surface area is 86.8 Å². The maximum atomic E-state index is 3.75. The minimum atomic E-state index is 0.322. The summed E-state index contributed by atoms with van der Waals surface area (Å²) in [6, 6.07) is 6.82. The van der Waals surface area contributed by atoms with Gasteiger partial charge in [0, 0.05) is 11.7 Å². The van der Waals surface area contributed by atoms with Crippen LogP contribution in [0.3, 0.4) is 0 Å². The number of hydrogen-bond donors (Lipinski definition) is 1. The Kier molecular flexibility index (Phi) is 3.75. The van der Waals surface area contributed by atoms with Gasteiger partial charge in [0.15, 0.2) is 0 Å². The summed E-state index contributed by atoms with van der Waals surface area (Å²) >= 11 is 0. The zero-order chi connectivity index (χ0) is 10.6. The van der Waals surface area contributed by atoms with Gasteiger partial charge in [-0.3, -0.25) is 0 Å². The molecule has 0 radical (unpaired) electrons. The number of hydrogen-bond acceptors (Lipinski definition) is 1. The maximum absolute atomic E-state index is 3.75. The highest BCUT2D eigenvalue weighted by Crippen LogP contribution is 2.16. The zero-order valence-electron chi connectivity index (χ0n) is 9.30. The summed E-state index contributed by atoms with van der Waals surface area (Å²) in [7, 11) is 0. The Morgan fingerprint density at radius 2 is 2.21 bits per heavy atom. The van der Waals surface area contributed by atoms with Crippen molar-refractivity contribution in [1.82, 2.24) is 0 Å². The van der Waals surface area contributed by atoms with Crippen molar-refractivity contribution < 1.29 is 0 Å². The average Bonchev–Trinajstić information content (AvgIpc) is 2.20. The first-order valence-corrected chi connectivity index (χ1v) is 5.16. The molecule has 1 heteroatoms. The third-order valence-corrected chi connectivity index (χ3v) is 2.48. The van der Waals surface area contributed by atoms with E-state index in [0.29, 0.717) is 6.04 Å². The van der Waals surface area contributed by atoms with Gasteiger partial charge in [-0.15, -0.1) is 6.58 Å². The van der Waals surface area contributed by atoms with Gasteiger partial charge in [-0.25, -0.2) is 0 Å². The average molecular weight is 189 g/mol. The molecule has 0 aliphatic rings. The molecule has 0 heterocycles. The molecule has 1 unspecified atom stereocenters. The van der Waals surface area contributed by atoms with Crippen LogP contribution in [-0.4, -0.2) is 6.04 Å². The van der Waals surface area contributed by atoms with Crippen LogP contribution in [0.5, 0.6) is 0 Å². The van der Waals surface area contributed by atoms with Crippen LogP contribution in [0.2, 0.25) is 0 Å².